The molecule has 1 saturated heterocycles. The topological polar surface area (TPSA) is 44.8 Å². The number of hydrogen-bond donors (Lipinski definition) is 0. The van der Waals surface area contributed by atoms with Crippen molar-refractivity contribution in [2.45, 2.75) is 38.7 Å². The Morgan fingerprint density at radius 2 is 2.00 bits per heavy atom. The molecule has 26 heavy (non-hydrogen) atoms. The van der Waals surface area contributed by atoms with Crippen LogP contribution in [0.15, 0.2) is 30.3 Å². The molecule has 0 aromatic heterocycles. The molecule has 1 aliphatic heterocycles. The lowest BCUT2D eigenvalue weighted by atomic mass is 9.91. The number of esters is 1. The third-order valence-corrected chi connectivity index (χ3v) is 5.27. The van der Waals surface area contributed by atoms with Crippen LogP contribution in [0.4, 0.5) is 0 Å². The number of carbonyl (C=O) groups is 1. The molecule has 4 rings (SSSR count). The first-order chi connectivity index (χ1) is 12.7. The molecule has 0 bridgehead atoms. The van der Waals surface area contributed by atoms with Crippen molar-refractivity contribution < 1.29 is 19.0 Å². The molecule has 1 aliphatic carbocycles. The van der Waals surface area contributed by atoms with Crippen LogP contribution in [0, 0.1) is 6.92 Å². The molecule has 0 amide bonds. The Hall–Kier alpha value is -2.33. The Kier molecular flexibility index (Phi) is 4.68. The summed E-state index contributed by atoms with van der Waals surface area (Å²) in [5.74, 6) is 0.627. The number of hydrogen-bond acceptors (Lipinski definition) is 4. The minimum Gasteiger partial charge on any atom is -0.488 e. The van der Waals surface area contributed by atoms with E-state index in [0.29, 0.717) is 12.2 Å². The van der Waals surface area contributed by atoms with Crippen molar-refractivity contribution in [3.63, 3.8) is 0 Å². The minimum atomic E-state index is -0.294. The third kappa shape index (κ3) is 3.21. The number of fused-ring (bicyclic) bond motifs is 3. The van der Waals surface area contributed by atoms with E-state index in [2.05, 4.69) is 25.1 Å². The van der Waals surface area contributed by atoms with Gasteiger partial charge < -0.3 is 14.2 Å². The molecule has 4 nitrogen and oxygen atoms in total. The molecule has 1 fully saturated rings. The van der Waals surface area contributed by atoms with E-state index < -0.39 is 0 Å². The van der Waals surface area contributed by atoms with Crippen molar-refractivity contribution in [1.29, 1.82) is 0 Å². The third-order valence-electron chi connectivity index (χ3n) is 5.27. The maximum atomic E-state index is 12.0. The van der Waals surface area contributed by atoms with Crippen molar-refractivity contribution in [1.82, 2.24) is 0 Å². The first-order valence-electron chi connectivity index (χ1n) is 9.25. The number of benzene rings is 2. The van der Waals surface area contributed by atoms with Gasteiger partial charge in [0.2, 0.25) is 0 Å². The van der Waals surface area contributed by atoms with Crippen LogP contribution in [0.1, 0.15) is 39.9 Å². The smallest absolute Gasteiger partial charge is 0.337 e. The Balaban J connectivity index is 1.76. The van der Waals surface area contributed by atoms with E-state index >= 15 is 0 Å². The van der Waals surface area contributed by atoms with Crippen molar-refractivity contribution in [2.24, 2.45) is 0 Å². The summed E-state index contributed by atoms with van der Waals surface area (Å²) in [5.41, 5.74) is 6.74. The van der Waals surface area contributed by atoms with E-state index in [9.17, 15) is 4.79 Å². The van der Waals surface area contributed by atoms with Gasteiger partial charge in [0.05, 0.1) is 25.9 Å². The lowest BCUT2D eigenvalue weighted by molar-refractivity contribution is 0.0601. The number of ether oxygens (including phenoxy) is 3. The Bertz CT molecular complexity index is 834. The first kappa shape index (κ1) is 17.1. The van der Waals surface area contributed by atoms with Gasteiger partial charge in [-0.25, -0.2) is 4.79 Å². The maximum absolute atomic E-state index is 12.0. The molecule has 0 radical (unpaired) electrons. The number of carbonyl (C=O) groups excluding carboxylic acids is 1. The summed E-state index contributed by atoms with van der Waals surface area (Å²) >= 11 is 0. The van der Waals surface area contributed by atoms with Crippen molar-refractivity contribution in [3.05, 3.63) is 52.6 Å². The van der Waals surface area contributed by atoms with Gasteiger partial charge in [-0.1, -0.05) is 6.07 Å². The molecule has 1 heterocycles. The van der Waals surface area contributed by atoms with Crippen LogP contribution in [0.5, 0.6) is 5.75 Å². The van der Waals surface area contributed by atoms with Gasteiger partial charge in [-0.2, -0.15) is 0 Å². The molecule has 0 spiro atoms. The molecule has 0 saturated carbocycles. The zero-order valence-corrected chi connectivity index (χ0v) is 15.3. The van der Waals surface area contributed by atoms with Crippen molar-refractivity contribution in [2.75, 3.05) is 20.3 Å². The summed E-state index contributed by atoms with van der Waals surface area (Å²) in [6.07, 6.45) is 4.21. The van der Waals surface area contributed by atoms with Crippen LogP contribution in [0.3, 0.4) is 0 Å². The van der Waals surface area contributed by atoms with Gasteiger partial charge in [-0.3, -0.25) is 0 Å². The Labute approximate surface area is 154 Å². The summed E-state index contributed by atoms with van der Waals surface area (Å²) < 4.78 is 16.4. The Morgan fingerprint density at radius 3 is 2.77 bits per heavy atom. The second-order valence-corrected chi connectivity index (χ2v) is 7.09. The lowest BCUT2D eigenvalue weighted by Gasteiger charge is -2.18. The predicted molar refractivity (Wildman–Crippen MR) is 99.8 cm³/mol. The Morgan fingerprint density at radius 1 is 1.15 bits per heavy atom. The lowest BCUT2D eigenvalue weighted by Crippen LogP contribution is -2.16. The second kappa shape index (κ2) is 7.12. The summed E-state index contributed by atoms with van der Waals surface area (Å²) in [7, 11) is 1.42. The van der Waals surface area contributed by atoms with Gasteiger partial charge in [0.1, 0.15) is 11.9 Å². The van der Waals surface area contributed by atoms with Gasteiger partial charge >= 0.3 is 5.97 Å². The highest BCUT2D eigenvalue weighted by Crippen LogP contribution is 2.38. The van der Waals surface area contributed by atoms with Gasteiger partial charge in [0.25, 0.3) is 0 Å². The highest BCUT2D eigenvalue weighted by atomic mass is 16.5. The SMILES string of the molecule is COC(=O)c1ccc2c(c1)-c1c(C)cc(O[C@@H]3CCOC3)cc1CCC2. The van der Waals surface area contributed by atoms with Crippen LogP contribution < -0.4 is 4.74 Å². The predicted octanol–water partition coefficient (Wildman–Crippen LogP) is 4.11. The monoisotopic (exact) mass is 352 g/mol. The number of rotatable bonds is 3. The van der Waals surface area contributed by atoms with Crippen molar-refractivity contribution in [3.8, 4) is 16.9 Å². The zero-order chi connectivity index (χ0) is 18.1. The summed E-state index contributed by atoms with van der Waals surface area (Å²) in [6.45, 7) is 3.57. The standard InChI is InChI=1S/C22H24O4/c1-14-10-19(26-18-8-9-25-13-18)11-16-5-3-4-15-6-7-17(22(23)24-2)12-20(15)21(14)16/h6-7,10-12,18H,3-5,8-9,13H2,1-2H3/t18-/m1/s1. The normalized spacial score (nSPS) is 18.6. The molecular weight excluding hydrogens is 328 g/mol. The summed E-state index contributed by atoms with van der Waals surface area (Å²) in [5, 5.41) is 0. The van der Waals surface area contributed by atoms with Crippen LogP contribution >= 0.6 is 0 Å². The van der Waals surface area contributed by atoms with E-state index in [-0.39, 0.29) is 12.1 Å². The molecule has 136 valence electrons. The van der Waals surface area contributed by atoms with Gasteiger partial charge in [0.15, 0.2) is 0 Å². The molecule has 1 atom stereocenters. The molecule has 2 aromatic rings. The molecule has 0 N–H and O–H groups in total. The molecular formula is C22H24O4. The van der Waals surface area contributed by atoms with E-state index in [0.717, 1.165) is 43.6 Å². The van der Waals surface area contributed by atoms with Crippen molar-refractivity contribution >= 4 is 5.97 Å². The van der Waals surface area contributed by atoms with Crippen LogP contribution in [-0.4, -0.2) is 32.4 Å². The molecule has 0 unspecified atom stereocenters. The fourth-order valence-electron chi connectivity index (χ4n) is 4.01. The summed E-state index contributed by atoms with van der Waals surface area (Å²) in [6, 6.07) is 10.2. The first-order valence-corrected chi connectivity index (χ1v) is 9.25. The second-order valence-electron chi connectivity index (χ2n) is 7.09. The molecule has 4 heteroatoms. The average molecular weight is 352 g/mol. The molecule has 2 aromatic carbocycles. The minimum absolute atomic E-state index is 0.149. The van der Waals surface area contributed by atoms with Gasteiger partial charge in [-0.15, -0.1) is 0 Å². The number of aryl methyl sites for hydroxylation is 3. The van der Waals surface area contributed by atoms with Crippen LogP contribution in [-0.2, 0) is 22.3 Å². The fraction of sp³-hybridized carbons (Fsp3) is 0.409. The largest absolute Gasteiger partial charge is 0.488 e. The van der Waals surface area contributed by atoms with E-state index in [1.807, 2.05) is 12.1 Å². The van der Waals surface area contributed by atoms with Crippen LogP contribution in [0.25, 0.3) is 11.1 Å². The highest BCUT2D eigenvalue weighted by Gasteiger charge is 2.22. The maximum Gasteiger partial charge on any atom is 0.337 e. The van der Waals surface area contributed by atoms with Crippen LogP contribution in [0.2, 0.25) is 0 Å². The van der Waals surface area contributed by atoms with E-state index in [1.165, 1.54) is 29.4 Å². The van der Waals surface area contributed by atoms with E-state index in [4.69, 9.17) is 14.2 Å². The average Bonchev–Trinajstić information content (AvgIpc) is 3.07. The zero-order valence-electron chi connectivity index (χ0n) is 15.3. The van der Waals surface area contributed by atoms with Gasteiger partial charge in [0, 0.05) is 6.42 Å². The number of methoxy groups -OCH3 is 1. The quantitative estimate of drug-likeness (QED) is 0.780. The molecule has 2 aliphatic rings. The fourth-order valence-corrected chi connectivity index (χ4v) is 4.01. The van der Waals surface area contributed by atoms with Gasteiger partial charge in [-0.05, 0) is 78.3 Å². The highest BCUT2D eigenvalue weighted by molar-refractivity contribution is 5.92. The van der Waals surface area contributed by atoms with E-state index in [1.54, 1.807) is 0 Å². The summed E-state index contributed by atoms with van der Waals surface area (Å²) in [4.78, 5) is 12.0.